The van der Waals surface area contributed by atoms with E-state index in [2.05, 4.69) is 146 Å². The minimum Gasteiger partial charge on any atom is -0.368 e. The molecule has 5 rings (SSSR count). The summed E-state index contributed by atoms with van der Waals surface area (Å²) in [5.41, 5.74) is 8.77. The summed E-state index contributed by atoms with van der Waals surface area (Å²) < 4.78 is 0. The fraction of sp³-hybridized carbons (Fsp3) is 0.125. The van der Waals surface area contributed by atoms with Crippen LogP contribution in [0.4, 0.5) is 5.69 Å². The number of allylic oxidation sites excluding steroid dienone is 2. The van der Waals surface area contributed by atoms with Crippen LogP contribution in [0.5, 0.6) is 0 Å². The molecule has 2 unspecified atom stereocenters. The van der Waals surface area contributed by atoms with Crippen LogP contribution < -0.4 is 4.90 Å². The van der Waals surface area contributed by atoms with Crippen molar-refractivity contribution in [3.05, 3.63) is 133 Å². The standard InChI is InChI=1S/C32H29N/c1-24-20-28(25-12-6-3-7-13-25)18-19-32(24)33(2)31-22-29(26-14-8-4-9-15-26)21-30(23-31)27-16-10-5-11-17-27/h3-24,32H,1-2H3. The van der Waals surface area contributed by atoms with Crippen LogP contribution in [-0.4, -0.2) is 13.1 Å². The number of likely N-dealkylation sites (N-methyl/N-ethyl adjacent to an activating group) is 1. The van der Waals surface area contributed by atoms with Gasteiger partial charge in [0.15, 0.2) is 0 Å². The molecule has 1 heteroatoms. The van der Waals surface area contributed by atoms with Crippen molar-refractivity contribution in [2.75, 3.05) is 11.9 Å². The molecule has 0 fully saturated rings. The Hall–Kier alpha value is -3.84. The number of hydrogen-bond donors (Lipinski definition) is 0. The highest BCUT2D eigenvalue weighted by molar-refractivity contribution is 5.79. The van der Waals surface area contributed by atoms with Crippen LogP contribution >= 0.6 is 0 Å². The van der Waals surface area contributed by atoms with Gasteiger partial charge in [-0.2, -0.15) is 0 Å². The number of nitrogens with zero attached hydrogens (tertiary/aromatic N) is 1. The molecule has 0 aromatic heterocycles. The summed E-state index contributed by atoms with van der Waals surface area (Å²) in [7, 11) is 2.21. The first-order chi connectivity index (χ1) is 16.2. The van der Waals surface area contributed by atoms with Crippen molar-refractivity contribution in [1.29, 1.82) is 0 Å². The minimum absolute atomic E-state index is 0.298. The number of benzene rings is 4. The first-order valence-corrected chi connectivity index (χ1v) is 11.6. The van der Waals surface area contributed by atoms with Gasteiger partial charge in [-0.15, -0.1) is 0 Å². The molecule has 1 aliphatic carbocycles. The van der Waals surface area contributed by atoms with Crippen LogP contribution in [-0.2, 0) is 0 Å². The van der Waals surface area contributed by atoms with Gasteiger partial charge in [-0.3, -0.25) is 0 Å². The van der Waals surface area contributed by atoms with E-state index in [1.165, 1.54) is 39.1 Å². The third-order valence-electron chi connectivity index (χ3n) is 6.55. The molecule has 0 amide bonds. The highest BCUT2D eigenvalue weighted by Gasteiger charge is 2.22. The summed E-state index contributed by atoms with van der Waals surface area (Å²) in [4.78, 5) is 2.42. The molecule has 1 nitrogen and oxygen atoms in total. The van der Waals surface area contributed by atoms with Gasteiger partial charge in [0.2, 0.25) is 0 Å². The molecule has 0 bridgehead atoms. The zero-order valence-corrected chi connectivity index (χ0v) is 19.2. The van der Waals surface area contributed by atoms with Gasteiger partial charge >= 0.3 is 0 Å². The quantitative estimate of drug-likeness (QED) is 0.311. The van der Waals surface area contributed by atoms with Crippen molar-refractivity contribution in [1.82, 2.24) is 0 Å². The molecule has 0 heterocycles. The molecule has 1 aliphatic rings. The molecule has 33 heavy (non-hydrogen) atoms. The summed E-state index contributed by atoms with van der Waals surface area (Å²) in [5.74, 6) is 0.399. The Bertz CT molecular complexity index is 1210. The molecule has 4 aromatic rings. The van der Waals surface area contributed by atoms with E-state index < -0.39 is 0 Å². The van der Waals surface area contributed by atoms with E-state index in [4.69, 9.17) is 0 Å². The van der Waals surface area contributed by atoms with Crippen molar-refractivity contribution >= 4 is 11.3 Å². The van der Waals surface area contributed by atoms with Crippen molar-refractivity contribution in [2.24, 2.45) is 5.92 Å². The van der Waals surface area contributed by atoms with Crippen molar-refractivity contribution in [3.8, 4) is 22.3 Å². The Morgan fingerprint density at radius 2 is 1.06 bits per heavy atom. The SMILES string of the molecule is CC1C=C(c2ccccc2)C=CC1N(C)c1cc(-c2ccccc2)cc(-c2ccccc2)c1. The summed E-state index contributed by atoms with van der Waals surface area (Å²) in [5, 5.41) is 0. The zero-order valence-electron chi connectivity index (χ0n) is 19.2. The molecule has 0 radical (unpaired) electrons. The predicted molar refractivity (Wildman–Crippen MR) is 142 cm³/mol. The first kappa shape index (κ1) is 21.0. The fourth-order valence-corrected chi connectivity index (χ4v) is 4.70. The third-order valence-corrected chi connectivity index (χ3v) is 6.55. The first-order valence-electron chi connectivity index (χ1n) is 11.6. The lowest BCUT2D eigenvalue weighted by Gasteiger charge is -2.34. The van der Waals surface area contributed by atoms with Crippen LogP contribution in [0.1, 0.15) is 12.5 Å². The van der Waals surface area contributed by atoms with Gasteiger partial charge in [-0.05, 0) is 57.5 Å². The second-order valence-corrected chi connectivity index (χ2v) is 8.81. The summed E-state index contributed by atoms with van der Waals surface area (Å²) in [6, 6.07) is 39.2. The molecule has 0 spiro atoms. The Morgan fingerprint density at radius 3 is 1.55 bits per heavy atom. The second kappa shape index (κ2) is 9.34. The Kier molecular flexibility index (Phi) is 5.95. The highest BCUT2D eigenvalue weighted by atomic mass is 15.1. The van der Waals surface area contributed by atoms with Crippen LogP contribution in [0.3, 0.4) is 0 Å². The molecular formula is C32H29N. The van der Waals surface area contributed by atoms with E-state index in [1.807, 2.05) is 0 Å². The van der Waals surface area contributed by atoms with Crippen LogP contribution in [0.15, 0.2) is 127 Å². The lowest BCUT2D eigenvalue weighted by atomic mass is 9.88. The Morgan fingerprint density at radius 1 is 0.576 bits per heavy atom. The van der Waals surface area contributed by atoms with Crippen molar-refractivity contribution in [2.45, 2.75) is 13.0 Å². The average Bonchev–Trinajstić information content (AvgIpc) is 2.89. The monoisotopic (exact) mass is 427 g/mol. The van der Waals surface area contributed by atoms with E-state index in [9.17, 15) is 0 Å². The molecule has 162 valence electrons. The maximum atomic E-state index is 2.42. The Balaban J connectivity index is 1.51. The van der Waals surface area contributed by atoms with Gasteiger partial charge in [0, 0.05) is 12.7 Å². The van der Waals surface area contributed by atoms with Crippen molar-refractivity contribution < 1.29 is 0 Å². The van der Waals surface area contributed by atoms with Crippen LogP contribution in [0.2, 0.25) is 0 Å². The lowest BCUT2D eigenvalue weighted by molar-refractivity contribution is 0.595. The summed E-state index contributed by atoms with van der Waals surface area (Å²) in [6.45, 7) is 2.31. The molecular weight excluding hydrogens is 398 g/mol. The molecule has 0 saturated heterocycles. The highest BCUT2D eigenvalue weighted by Crippen LogP contribution is 2.35. The number of anilines is 1. The molecule has 0 N–H and O–H groups in total. The zero-order chi connectivity index (χ0) is 22.6. The lowest BCUT2D eigenvalue weighted by Crippen LogP contribution is -2.36. The van der Waals surface area contributed by atoms with Gasteiger partial charge in [0.05, 0.1) is 6.04 Å². The fourth-order valence-electron chi connectivity index (χ4n) is 4.70. The predicted octanol–water partition coefficient (Wildman–Crippen LogP) is 8.11. The van der Waals surface area contributed by atoms with E-state index in [-0.39, 0.29) is 0 Å². The Labute approximate surface area is 197 Å². The summed E-state index contributed by atoms with van der Waals surface area (Å²) >= 11 is 0. The summed E-state index contributed by atoms with van der Waals surface area (Å²) in [6.07, 6.45) is 7.02. The molecule has 4 aromatic carbocycles. The van der Waals surface area contributed by atoms with Crippen molar-refractivity contribution in [3.63, 3.8) is 0 Å². The van der Waals surface area contributed by atoms with Gasteiger partial charge < -0.3 is 4.90 Å². The third kappa shape index (κ3) is 4.54. The largest absolute Gasteiger partial charge is 0.368 e. The van der Waals surface area contributed by atoms with Crippen LogP contribution in [0.25, 0.3) is 27.8 Å². The minimum atomic E-state index is 0.298. The average molecular weight is 428 g/mol. The van der Waals surface area contributed by atoms with E-state index in [0.717, 1.165) is 0 Å². The molecule has 0 aliphatic heterocycles. The van der Waals surface area contributed by atoms with Gasteiger partial charge in [-0.25, -0.2) is 0 Å². The second-order valence-electron chi connectivity index (χ2n) is 8.81. The molecule has 0 saturated carbocycles. The molecule has 2 atom stereocenters. The van der Waals surface area contributed by atoms with E-state index in [0.29, 0.717) is 12.0 Å². The van der Waals surface area contributed by atoms with Gasteiger partial charge in [-0.1, -0.05) is 116 Å². The maximum absolute atomic E-state index is 2.42. The number of rotatable bonds is 5. The van der Waals surface area contributed by atoms with E-state index in [1.54, 1.807) is 0 Å². The van der Waals surface area contributed by atoms with E-state index >= 15 is 0 Å². The number of hydrogen-bond acceptors (Lipinski definition) is 1. The van der Waals surface area contributed by atoms with Gasteiger partial charge in [0.25, 0.3) is 0 Å². The smallest absolute Gasteiger partial charge is 0.0533 e. The van der Waals surface area contributed by atoms with Crippen LogP contribution in [0, 0.1) is 5.92 Å². The maximum Gasteiger partial charge on any atom is 0.0533 e. The topological polar surface area (TPSA) is 3.24 Å². The normalized spacial score (nSPS) is 17.5. The van der Waals surface area contributed by atoms with Gasteiger partial charge in [0.1, 0.15) is 0 Å².